The molecule has 0 aromatic heterocycles. The fourth-order valence-electron chi connectivity index (χ4n) is 3.67. The van der Waals surface area contributed by atoms with Crippen LogP contribution in [-0.2, 0) is 25.5 Å². The smallest absolute Gasteiger partial charge is 0.416 e. The zero-order valence-electron chi connectivity index (χ0n) is 16.8. The number of rotatable bonds is 7. The van der Waals surface area contributed by atoms with Crippen LogP contribution in [0, 0.1) is 11.8 Å². The minimum absolute atomic E-state index is 0.177. The van der Waals surface area contributed by atoms with Crippen molar-refractivity contribution >= 4 is 18.0 Å². The number of amides is 2. The molecule has 1 aromatic rings. The molecule has 2 atom stereocenters. The van der Waals surface area contributed by atoms with E-state index in [9.17, 15) is 14.4 Å². The van der Waals surface area contributed by atoms with E-state index in [4.69, 9.17) is 9.47 Å². The maximum atomic E-state index is 13.2. The van der Waals surface area contributed by atoms with Gasteiger partial charge >= 0.3 is 12.1 Å². The second kappa shape index (κ2) is 8.33. The zero-order valence-corrected chi connectivity index (χ0v) is 16.8. The number of carbonyl (C=O) groups excluding carboxylic acids is 3. The van der Waals surface area contributed by atoms with Gasteiger partial charge in [-0.25, -0.2) is 9.69 Å². The highest BCUT2D eigenvalue weighted by Crippen LogP contribution is 2.41. The summed E-state index contributed by atoms with van der Waals surface area (Å²) in [5.74, 6) is -0.623. The summed E-state index contributed by atoms with van der Waals surface area (Å²) in [5, 5.41) is 0. The summed E-state index contributed by atoms with van der Waals surface area (Å²) in [5.41, 5.74) is 0.510. The van der Waals surface area contributed by atoms with Crippen molar-refractivity contribution in [2.24, 2.45) is 11.8 Å². The van der Waals surface area contributed by atoms with Crippen molar-refractivity contribution < 1.29 is 23.9 Å². The van der Waals surface area contributed by atoms with E-state index in [0.29, 0.717) is 12.8 Å². The largest absolute Gasteiger partial charge is 0.460 e. The van der Waals surface area contributed by atoms with Gasteiger partial charge in [-0.1, -0.05) is 30.3 Å². The van der Waals surface area contributed by atoms with E-state index in [2.05, 4.69) is 0 Å². The van der Waals surface area contributed by atoms with Gasteiger partial charge in [0.05, 0.1) is 6.04 Å². The van der Waals surface area contributed by atoms with Gasteiger partial charge < -0.3 is 9.47 Å². The molecule has 0 spiro atoms. The summed E-state index contributed by atoms with van der Waals surface area (Å²) in [6, 6.07) is 9.46. The lowest BCUT2D eigenvalue weighted by Gasteiger charge is -2.25. The third kappa shape index (κ3) is 5.33. The van der Waals surface area contributed by atoms with E-state index in [1.54, 1.807) is 0 Å². The van der Waals surface area contributed by atoms with Crippen LogP contribution in [-0.4, -0.2) is 41.1 Å². The highest BCUT2D eigenvalue weighted by Gasteiger charge is 2.45. The van der Waals surface area contributed by atoms with Crippen LogP contribution in [0.25, 0.3) is 0 Å². The van der Waals surface area contributed by atoms with Gasteiger partial charge in [0.15, 0.2) is 0 Å². The number of nitrogens with zero attached hydrogens (tertiary/aromatic N) is 1. The van der Waals surface area contributed by atoms with Gasteiger partial charge in [0.2, 0.25) is 5.91 Å². The second-order valence-corrected chi connectivity index (χ2v) is 8.70. The molecule has 1 aliphatic carbocycles. The number of imide groups is 1. The molecule has 0 radical (unpaired) electrons. The number of hydrogen-bond donors (Lipinski definition) is 0. The average molecular weight is 387 g/mol. The summed E-state index contributed by atoms with van der Waals surface area (Å²) in [7, 11) is 0. The molecular weight excluding hydrogens is 358 g/mol. The third-order valence-electron chi connectivity index (χ3n) is 5.10. The first-order chi connectivity index (χ1) is 13.2. The summed E-state index contributed by atoms with van der Waals surface area (Å²) in [6.07, 6.45) is 2.49. The topological polar surface area (TPSA) is 72.9 Å². The summed E-state index contributed by atoms with van der Waals surface area (Å²) in [6.45, 7) is 5.68. The van der Waals surface area contributed by atoms with Crippen molar-refractivity contribution in [3.63, 3.8) is 0 Å². The maximum Gasteiger partial charge on any atom is 0.416 e. The van der Waals surface area contributed by atoms with E-state index < -0.39 is 11.7 Å². The fraction of sp³-hybridized carbons (Fsp3) is 0.591. The lowest BCUT2D eigenvalue weighted by Crippen LogP contribution is -2.44. The molecule has 152 valence electrons. The molecule has 1 saturated heterocycles. The Morgan fingerprint density at radius 3 is 2.50 bits per heavy atom. The summed E-state index contributed by atoms with van der Waals surface area (Å²) < 4.78 is 10.5. The predicted octanol–water partition coefficient (Wildman–Crippen LogP) is 3.72. The number of esters is 1. The molecule has 1 saturated carbocycles. The standard InChI is InChI=1S/C22H29NO5/c1-22(2,3)28-19(24)12-11-18(16-9-10-16)20(25)23-17(14-27-21(23)26)13-15-7-5-4-6-8-15/h4-8,16-18H,9-14H2,1-3H3/t17-,18-/m1/s1. The van der Waals surface area contributed by atoms with Crippen molar-refractivity contribution in [3.05, 3.63) is 35.9 Å². The molecule has 0 bridgehead atoms. The Kier molecular flexibility index (Phi) is 6.06. The Morgan fingerprint density at radius 2 is 1.89 bits per heavy atom. The van der Waals surface area contributed by atoms with E-state index >= 15 is 0 Å². The number of hydrogen-bond acceptors (Lipinski definition) is 5. The molecule has 3 rings (SSSR count). The average Bonchev–Trinajstić information content (AvgIpc) is 3.38. The van der Waals surface area contributed by atoms with E-state index in [0.717, 1.165) is 18.4 Å². The van der Waals surface area contributed by atoms with Crippen LogP contribution in [0.2, 0.25) is 0 Å². The quantitative estimate of drug-likeness (QED) is 0.667. The first-order valence-electron chi connectivity index (χ1n) is 10.00. The number of benzene rings is 1. The fourth-order valence-corrected chi connectivity index (χ4v) is 3.67. The normalized spacial score (nSPS) is 20.6. The monoisotopic (exact) mass is 387 g/mol. The molecule has 2 aliphatic rings. The van der Waals surface area contributed by atoms with Crippen LogP contribution >= 0.6 is 0 Å². The second-order valence-electron chi connectivity index (χ2n) is 8.70. The first-order valence-corrected chi connectivity index (χ1v) is 10.00. The molecule has 6 nitrogen and oxygen atoms in total. The third-order valence-corrected chi connectivity index (χ3v) is 5.10. The van der Waals surface area contributed by atoms with Gasteiger partial charge in [0.25, 0.3) is 0 Å². The van der Waals surface area contributed by atoms with Crippen LogP contribution in [0.3, 0.4) is 0 Å². The molecule has 2 amide bonds. The Bertz CT molecular complexity index is 720. The van der Waals surface area contributed by atoms with Gasteiger partial charge in [-0.3, -0.25) is 9.59 Å². The zero-order chi connectivity index (χ0) is 20.3. The Balaban J connectivity index is 1.65. The van der Waals surface area contributed by atoms with Crippen LogP contribution < -0.4 is 0 Å². The van der Waals surface area contributed by atoms with Gasteiger partial charge in [-0.15, -0.1) is 0 Å². The van der Waals surface area contributed by atoms with Crippen LogP contribution in [0.1, 0.15) is 52.0 Å². The Morgan fingerprint density at radius 1 is 1.21 bits per heavy atom. The van der Waals surface area contributed by atoms with Gasteiger partial charge in [-0.2, -0.15) is 0 Å². The van der Waals surface area contributed by atoms with Crippen molar-refractivity contribution in [2.75, 3.05) is 6.61 Å². The molecule has 28 heavy (non-hydrogen) atoms. The molecule has 0 N–H and O–H groups in total. The Labute approximate surface area is 166 Å². The molecule has 1 aromatic carbocycles. The number of carbonyl (C=O) groups is 3. The number of ether oxygens (including phenoxy) is 2. The highest BCUT2D eigenvalue weighted by molar-refractivity contribution is 5.95. The predicted molar refractivity (Wildman–Crippen MR) is 103 cm³/mol. The van der Waals surface area contributed by atoms with Crippen molar-refractivity contribution in [1.29, 1.82) is 0 Å². The summed E-state index contributed by atoms with van der Waals surface area (Å²) >= 11 is 0. The minimum Gasteiger partial charge on any atom is -0.460 e. The molecule has 0 unspecified atom stereocenters. The van der Waals surface area contributed by atoms with E-state index in [1.165, 1.54) is 4.90 Å². The van der Waals surface area contributed by atoms with Gasteiger partial charge in [-0.05, 0) is 57.9 Å². The van der Waals surface area contributed by atoms with E-state index in [-0.39, 0.29) is 42.8 Å². The molecule has 6 heteroatoms. The minimum atomic E-state index is -0.575. The van der Waals surface area contributed by atoms with Crippen molar-refractivity contribution in [1.82, 2.24) is 4.90 Å². The maximum absolute atomic E-state index is 13.2. The molecule has 1 heterocycles. The molecule has 2 fully saturated rings. The van der Waals surface area contributed by atoms with Crippen LogP contribution in [0.4, 0.5) is 4.79 Å². The molecule has 1 aliphatic heterocycles. The van der Waals surface area contributed by atoms with Crippen molar-refractivity contribution in [3.8, 4) is 0 Å². The summed E-state index contributed by atoms with van der Waals surface area (Å²) in [4.78, 5) is 38.9. The Hall–Kier alpha value is -2.37. The lowest BCUT2D eigenvalue weighted by molar-refractivity contribution is -0.155. The molecular formula is C22H29NO5. The van der Waals surface area contributed by atoms with E-state index in [1.807, 2.05) is 51.1 Å². The van der Waals surface area contributed by atoms with Gasteiger partial charge in [0, 0.05) is 12.3 Å². The van der Waals surface area contributed by atoms with Gasteiger partial charge in [0.1, 0.15) is 12.2 Å². The highest BCUT2D eigenvalue weighted by atomic mass is 16.6. The lowest BCUT2D eigenvalue weighted by atomic mass is 9.94. The SMILES string of the molecule is CC(C)(C)OC(=O)CC[C@@H](C(=O)N1C(=O)OC[C@H]1Cc1ccccc1)C1CC1. The van der Waals surface area contributed by atoms with Crippen LogP contribution in [0.5, 0.6) is 0 Å². The number of cyclic esters (lactones) is 1. The van der Waals surface area contributed by atoms with Crippen LogP contribution in [0.15, 0.2) is 30.3 Å². The van der Waals surface area contributed by atoms with Crippen molar-refractivity contribution in [2.45, 2.75) is 64.5 Å². The first kappa shape index (κ1) is 20.4.